The lowest BCUT2D eigenvalue weighted by atomic mass is 9.88. The van der Waals surface area contributed by atoms with E-state index in [9.17, 15) is 29.7 Å². The van der Waals surface area contributed by atoms with Gasteiger partial charge in [-0.3, -0.25) is 14.4 Å². The molecule has 0 aromatic rings. The highest BCUT2D eigenvalue weighted by Gasteiger charge is 2.39. The molecular formula is C37H66O8. The molecule has 262 valence electrons. The molecule has 5 atom stereocenters. The van der Waals surface area contributed by atoms with Gasteiger partial charge in [0.1, 0.15) is 12.4 Å². The highest BCUT2D eigenvalue weighted by molar-refractivity contribution is 5.84. The first-order valence-electron chi connectivity index (χ1n) is 18.2. The minimum absolute atomic E-state index is 0.0820. The van der Waals surface area contributed by atoms with Gasteiger partial charge >= 0.3 is 11.9 Å². The fourth-order valence-electron chi connectivity index (χ4n) is 6.05. The van der Waals surface area contributed by atoms with Gasteiger partial charge in [0.2, 0.25) is 0 Å². The van der Waals surface area contributed by atoms with Crippen LogP contribution in [0.3, 0.4) is 0 Å². The molecule has 0 saturated heterocycles. The second-order valence-corrected chi connectivity index (χ2v) is 13.6. The van der Waals surface area contributed by atoms with E-state index >= 15 is 0 Å². The van der Waals surface area contributed by atoms with E-state index in [1.165, 1.54) is 38.5 Å². The van der Waals surface area contributed by atoms with Crippen molar-refractivity contribution in [3.05, 3.63) is 12.2 Å². The Morgan fingerprint density at radius 2 is 1.42 bits per heavy atom. The summed E-state index contributed by atoms with van der Waals surface area (Å²) in [4.78, 5) is 36.8. The second kappa shape index (κ2) is 26.3. The van der Waals surface area contributed by atoms with Crippen LogP contribution in [0.25, 0.3) is 0 Å². The number of Topliss-reactive ketones (excluding diaryl/α,β-unsaturated/α-hetero) is 1. The van der Waals surface area contributed by atoms with E-state index in [4.69, 9.17) is 9.47 Å². The van der Waals surface area contributed by atoms with Crippen LogP contribution in [0.2, 0.25) is 0 Å². The smallest absolute Gasteiger partial charge is 0.306 e. The number of hydrogen-bond donors (Lipinski definition) is 3. The zero-order valence-electron chi connectivity index (χ0n) is 28.8. The Bertz CT molecular complexity index is 810. The van der Waals surface area contributed by atoms with Gasteiger partial charge in [0.25, 0.3) is 0 Å². The van der Waals surface area contributed by atoms with Gasteiger partial charge in [-0.2, -0.15) is 0 Å². The molecule has 0 unspecified atom stereocenters. The molecule has 1 fully saturated rings. The zero-order chi connectivity index (χ0) is 33.3. The fraction of sp³-hybridized carbons (Fsp3) is 0.865. The lowest BCUT2D eigenvalue weighted by Gasteiger charge is -2.18. The molecule has 0 amide bonds. The molecule has 0 heterocycles. The van der Waals surface area contributed by atoms with Crippen LogP contribution in [0, 0.1) is 17.8 Å². The molecule has 0 aromatic carbocycles. The number of hydrogen-bond acceptors (Lipinski definition) is 8. The van der Waals surface area contributed by atoms with Crippen molar-refractivity contribution >= 4 is 17.7 Å². The monoisotopic (exact) mass is 638 g/mol. The maximum atomic E-state index is 12.5. The molecule has 45 heavy (non-hydrogen) atoms. The van der Waals surface area contributed by atoms with Crippen LogP contribution in [0.1, 0.15) is 156 Å². The molecule has 1 aliphatic carbocycles. The van der Waals surface area contributed by atoms with Gasteiger partial charge in [0, 0.05) is 31.1 Å². The normalized spacial score (nSPS) is 19.8. The second-order valence-electron chi connectivity index (χ2n) is 13.6. The number of aliphatic hydroxyl groups excluding tert-OH is 3. The largest absolute Gasteiger partial charge is 0.462 e. The molecule has 0 radical (unpaired) electrons. The van der Waals surface area contributed by atoms with Crippen molar-refractivity contribution in [3.8, 4) is 0 Å². The van der Waals surface area contributed by atoms with E-state index in [0.29, 0.717) is 25.7 Å². The van der Waals surface area contributed by atoms with Crippen molar-refractivity contribution in [1.29, 1.82) is 0 Å². The van der Waals surface area contributed by atoms with Gasteiger partial charge in [0.15, 0.2) is 6.10 Å². The average Bonchev–Trinajstić information content (AvgIpc) is 3.27. The maximum Gasteiger partial charge on any atom is 0.306 e. The lowest BCUT2D eigenvalue weighted by molar-refractivity contribution is -0.161. The third kappa shape index (κ3) is 20.9. The van der Waals surface area contributed by atoms with Gasteiger partial charge in [0.05, 0.1) is 18.8 Å². The number of unbranched alkanes of at least 4 members (excludes halogenated alkanes) is 12. The lowest BCUT2D eigenvalue weighted by Crippen LogP contribution is -2.28. The van der Waals surface area contributed by atoms with E-state index < -0.39 is 24.9 Å². The number of ketones is 1. The van der Waals surface area contributed by atoms with E-state index in [-0.39, 0.29) is 49.0 Å². The standard InChI is InChI=1S/C37H66O8/c1-4-5-14-20-30(39)24-25-33-32(34(40)26-35(33)41)21-16-12-13-17-22-36(42)44-28-31(27-38)45-37(43)23-18-11-9-7-6-8-10-15-19-29(2)3/h24-25,29-33,35,38-39,41H,4-23,26-28H2,1-3H3/b25-24+/t30-,31-,32+,33+,35+/m0/s1. The van der Waals surface area contributed by atoms with E-state index in [2.05, 4.69) is 20.8 Å². The van der Waals surface area contributed by atoms with Gasteiger partial charge in [-0.05, 0) is 31.6 Å². The minimum Gasteiger partial charge on any atom is -0.462 e. The molecule has 0 aliphatic heterocycles. The molecular weight excluding hydrogens is 572 g/mol. The Morgan fingerprint density at radius 1 is 0.844 bits per heavy atom. The zero-order valence-corrected chi connectivity index (χ0v) is 28.8. The first-order chi connectivity index (χ1) is 21.7. The van der Waals surface area contributed by atoms with E-state index in [1.807, 2.05) is 6.08 Å². The van der Waals surface area contributed by atoms with Crippen LogP contribution in [0.15, 0.2) is 12.2 Å². The molecule has 0 aromatic heterocycles. The van der Waals surface area contributed by atoms with Gasteiger partial charge in [-0.15, -0.1) is 0 Å². The SMILES string of the molecule is CCCCC[C@H](O)/C=C/[C@H]1[C@H](O)CC(=O)[C@@H]1CCCCCCC(=O)OC[C@H](CO)OC(=O)CCCCCCCCCCC(C)C. The third-order valence-electron chi connectivity index (χ3n) is 8.88. The number of esters is 2. The predicted octanol–water partition coefficient (Wildman–Crippen LogP) is 7.39. The molecule has 0 spiro atoms. The van der Waals surface area contributed by atoms with Crippen molar-refractivity contribution in [3.63, 3.8) is 0 Å². The van der Waals surface area contributed by atoms with Crippen LogP contribution in [-0.4, -0.2) is 64.6 Å². The average molecular weight is 639 g/mol. The quantitative estimate of drug-likeness (QED) is 0.0459. The predicted molar refractivity (Wildman–Crippen MR) is 179 cm³/mol. The van der Waals surface area contributed by atoms with Gasteiger partial charge in [-0.1, -0.05) is 123 Å². The summed E-state index contributed by atoms with van der Waals surface area (Å²) in [6, 6.07) is 0. The minimum atomic E-state index is -0.842. The molecule has 1 rings (SSSR count). The first-order valence-corrected chi connectivity index (χ1v) is 18.2. The van der Waals surface area contributed by atoms with Crippen LogP contribution in [0.4, 0.5) is 0 Å². The molecule has 8 heteroatoms. The number of aliphatic hydroxyl groups is 3. The van der Waals surface area contributed by atoms with Gasteiger partial charge < -0.3 is 24.8 Å². The summed E-state index contributed by atoms with van der Waals surface area (Å²) in [6.07, 6.45) is 20.4. The molecule has 1 saturated carbocycles. The van der Waals surface area contributed by atoms with Crippen molar-refractivity contribution in [1.82, 2.24) is 0 Å². The maximum absolute atomic E-state index is 12.5. The Balaban J connectivity index is 2.14. The highest BCUT2D eigenvalue weighted by atomic mass is 16.6. The summed E-state index contributed by atoms with van der Waals surface area (Å²) in [5.74, 6) is -0.359. The summed E-state index contributed by atoms with van der Waals surface area (Å²) >= 11 is 0. The molecule has 3 N–H and O–H groups in total. The number of carbonyl (C=O) groups is 3. The van der Waals surface area contributed by atoms with Crippen LogP contribution >= 0.6 is 0 Å². The van der Waals surface area contributed by atoms with E-state index in [1.54, 1.807) is 6.08 Å². The Kier molecular flexibility index (Phi) is 24.1. The van der Waals surface area contributed by atoms with Crippen molar-refractivity contribution in [2.45, 2.75) is 174 Å². The fourth-order valence-corrected chi connectivity index (χ4v) is 6.05. The van der Waals surface area contributed by atoms with Crippen molar-refractivity contribution < 1.29 is 39.2 Å². The summed E-state index contributed by atoms with van der Waals surface area (Å²) in [5.41, 5.74) is 0. The number of carbonyl (C=O) groups excluding carboxylic acids is 3. The third-order valence-corrected chi connectivity index (χ3v) is 8.88. The Morgan fingerprint density at radius 3 is 2.04 bits per heavy atom. The summed E-state index contributed by atoms with van der Waals surface area (Å²) in [6.45, 7) is 6.11. The summed E-state index contributed by atoms with van der Waals surface area (Å²) in [7, 11) is 0. The highest BCUT2D eigenvalue weighted by Crippen LogP contribution is 2.34. The number of ether oxygens (including phenoxy) is 2. The molecule has 8 nitrogen and oxygen atoms in total. The van der Waals surface area contributed by atoms with Crippen LogP contribution in [0.5, 0.6) is 0 Å². The van der Waals surface area contributed by atoms with Gasteiger partial charge in [-0.25, -0.2) is 0 Å². The van der Waals surface area contributed by atoms with Crippen molar-refractivity contribution in [2.24, 2.45) is 17.8 Å². The summed E-state index contributed by atoms with van der Waals surface area (Å²) < 4.78 is 10.5. The Hall–Kier alpha value is -1.77. The molecule has 0 bridgehead atoms. The Labute approximate surface area is 273 Å². The first kappa shape index (κ1) is 41.3. The van der Waals surface area contributed by atoms with Crippen LogP contribution in [-0.2, 0) is 23.9 Å². The van der Waals surface area contributed by atoms with Crippen molar-refractivity contribution in [2.75, 3.05) is 13.2 Å². The van der Waals surface area contributed by atoms with E-state index in [0.717, 1.165) is 63.7 Å². The number of rotatable bonds is 28. The summed E-state index contributed by atoms with van der Waals surface area (Å²) in [5, 5.41) is 30.1. The van der Waals surface area contributed by atoms with Crippen LogP contribution < -0.4 is 0 Å². The molecule has 1 aliphatic rings. The topological polar surface area (TPSA) is 130 Å².